The van der Waals surface area contributed by atoms with E-state index < -0.39 is 0 Å². The van der Waals surface area contributed by atoms with Crippen LogP contribution in [0, 0.1) is 12.7 Å². The third-order valence-electron chi connectivity index (χ3n) is 5.76. The van der Waals surface area contributed by atoms with Crippen molar-refractivity contribution in [3.05, 3.63) is 102 Å². The molecule has 1 aromatic heterocycles. The highest BCUT2D eigenvalue weighted by atomic mass is 19.1. The van der Waals surface area contributed by atoms with Crippen molar-refractivity contribution in [3.8, 4) is 16.9 Å². The Morgan fingerprint density at radius 3 is 2.40 bits per heavy atom. The van der Waals surface area contributed by atoms with Crippen LogP contribution in [0.4, 0.5) is 10.1 Å². The number of halogens is 1. The maximum Gasteiger partial charge on any atom is 0.259 e. The first kappa shape index (κ1) is 23.9. The van der Waals surface area contributed by atoms with Gasteiger partial charge in [0.25, 0.3) is 5.91 Å². The lowest BCUT2D eigenvalue weighted by Gasteiger charge is -2.19. The first-order valence-corrected chi connectivity index (χ1v) is 11.4. The molecule has 0 aliphatic rings. The predicted molar refractivity (Wildman–Crippen MR) is 135 cm³/mol. The van der Waals surface area contributed by atoms with E-state index in [4.69, 9.17) is 0 Å². The van der Waals surface area contributed by atoms with Gasteiger partial charge in [0.1, 0.15) is 11.5 Å². The lowest BCUT2D eigenvalue weighted by atomic mass is 10.1. The van der Waals surface area contributed by atoms with E-state index in [0.29, 0.717) is 35.7 Å². The average Bonchev–Trinajstić information content (AvgIpc) is 3.29. The van der Waals surface area contributed by atoms with Gasteiger partial charge in [-0.1, -0.05) is 42.0 Å². The molecule has 0 saturated carbocycles. The molecule has 6 nitrogen and oxygen atoms in total. The van der Waals surface area contributed by atoms with Crippen LogP contribution in [-0.2, 0) is 11.3 Å². The Bertz CT molecular complexity index is 1340. The minimum atomic E-state index is -0.344. The standard InChI is InChI=1S/C28H27FN4O2/c1-4-32(20(3)34)17-21-6-5-7-24(16-21)30-28(35)26-18-33(25-14-12-23(29)13-15-25)31-27(26)22-10-8-19(2)9-11-22/h5-16,18H,4,17H2,1-3H3,(H,30,35). The van der Waals surface area contributed by atoms with Gasteiger partial charge in [0, 0.05) is 37.5 Å². The molecule has 7 heteroatoms. The van der Waals surface area contributed by atoms with Crippen LogP contribution >= 0.6 is 0 Å². The molecule has 3 aromatic carbocycles. The van der Waals surface area contributed by atoms with Crippen molar-refractivity contribution >= 4 is 17.5 Å². The molecule has 0 radical (unpaired) electrons. The van der Waals surface area contributed by atoms with Crippen LogP contribution < -0.4 is 5.32 Å². The van der Waals surface area contributed by atoms with E-state index in [-0.39, 0.29) is 17.6 Å². The molecule has 4 aromatic rings. The Labute approximate surface area is 204 Å². The lowest BCUT2D eigenvalue weighted by molar-refractivity contribution is -0.129. The molecular formula is C28H27FN4O2. The monoisotopic (exact) mass is 470 g/mol. The fourth-order valence-corrected chi connectivity index (χ4v) is 3.80. The van der Waals surface area contributed by atoms with Gasteiger partial charge in [-0.25, -0.2) is 9.07 Å². The van der Waals surface area contributed by atoms with Crippen molar-refractivity contribution in [2.24, 2.45) is 0 Å². The van der Waals surface area contributed by atoms with Crippen LogP contribution in [0.15, 0.2) is 79.0 Å². The van der Waals surface area contributed by atoms with Gasteiger partial charge in [0.05, 0.1) is 11.3 Å². The highest BCUT2D eigenvalue weighted by Crippen LogP contribution is 2.26. The van der Waals surface area contributed by atoms with Crippen molar-refractivity contribution in [3.63, 3.8) is 0 Å². The summed E-state index contributed by atoms with van der Waals surface area (Å²) in [7, 11) is 0. The fourth-order valence-electron chi connectivity index (χ4n) is 3.80. The SMILES string of the molecule is CCN(Cc1cccc(NC(=O)c2cn(-c3ccc(F)cc3)nc2-c2ccc(C)cc2)c1)C(C)=O. The summed E-state index contributed by atoms with van der Waals surface area (Å²) in [6.07, 6.45) is 1.65. The number of benzene rings is 3. The number of aromatic nitrogens is 2. The molecular weight excluding hydrogens is 443 g/mol. The molecule has 0 bridgehead atoms. The van der Waals surface area contributed by atoms with E-state index in [2.05, 4.69) is 10.4 Å². The molecule has 1 heterocycles. The summed E-state index contributed by atoms with van der Waals surface area (Å²) in [5.74, 6) is -0.660. The summed E-state index contributed by atoms with van der Waals surface area (Å²) in [5.41, 5.74) is 5.00. The van der Waals surface area contributed by atoms with Gasteiger partial charge in [-0.05, 0) is 55.8 Å². The van der Waals surface area contributed by atoms with Gasteiger partial charge in [-0.15, -0.1) is 0 Å². The molecule has 0 aliphatic carbocycles. The average molecular weight is 471 g/mol. The Kier molecular flexibility index (Phi) is 7.06. The van der Waals surface area contributed by atoms with Gasteiger partial charge in [0.2, 0.25) is 5.91 Å². The van der Waals surface area contributed by atoms with E-state index >= 15 is 0 Å². The number of aryl methyl sites for hydroxylation is 1. The number of carbonyl (C=O) groups is 2. The van der Waals surface area contributed by atoms with Crippen LogP contribution in [0.2, 0.25) is 0 Å². The Balaban J connectivity index is 1.66. The topological polar surface area (TPSA) is 67.2 Å². The zero-order valence-electron chi connectivity index (χ0n) is 20.0. The smallest absolute Gasteiger partial charge is 0.259 e. The predicted octanol–water partition coefficient (Wildman–Crippen LogP) is 5.61. The normalized spacial score (nSPS) is 10.7. The van der Waals surface area contributed by atoms with Gasteiger partial charge in [-0.3, -0.25) is 9.59 Å². The zero-order chi connectivity index (χ0) is 24.9. The number of hydrogen-bond acceptors (Lipinski definition) is 3. The van der Waals surface area contributed by atoms with Crippen molar-refractivity contribution in [1.29, 1.82) is 0 Å². The summed E-state index contributed by atoms with van der Waals surface area (Å²) in [5, 5.41) is 7.61. The van der Waals surface area contributed by atoms with Gasteiger partial charge in [0.15, 0.2) is 0 Å². The first-order chi connectivity index (χ1) is 16.8. The lowest BCUT2D eigenvalue weighted by Crippen LogP contribution is -2.27. The summed E-state index contributed by atoms with van der Waals surface area (Å²) >= 11 is 0. The quantitative estimate of drug-likeness (QED) is 0.382. The number of anilines is 1. The summed E-state index contributed by atoms with van der Waals surface area (Å²) in [6.45, 7) is 6.53. The number of nitrogens with one attached hydrogen (secondary N) is 1. The van der Waals surface area contributed by atoms with E-state index in [1.165, 1.54) is 12.1 Å². The second-order valence-electron chi connectivity index (χ2n) is 8.37. The minimum absolute atomic E-state index is 0.00196. The number of hydrogen-bond donors (Lipinski definition) is 1. The molecule has 4 rings (SSSR count). The molecule has 35 heavy (non-hydrogen) atoms. The molecule has 178 valence electrons. The molecule has 0 saturated heterocycles. The number of rotatable bonds is 7. The van der Waals surface area contributed by atoms with E-state index in [9.17, 15) is 14.0 Å². The number of amides is 2. The Hall–Kier alpha value is -4.26. The third kappa shape index (κ3) is 5.63. The van der Waals surface area contributed by atoms with Crippen LogP contribution in [0.1, 0.15) is 35.3 Å². The minimum Gasteiger partial charge on any atom is -0.339 e. The summed E-state index contributed by atoms with van der Waals surface area (Å²) in [4.78, 5) is 26.9. The van der Waals surface area contributed by atoms with Crippen LogP contribution in [0.3, 0.4) is 0 Å². The van der Waals surface area contributed by atoms with Crippen LogP contribution in [-0.4, -0.2) is 33.0 Å². The molecule has 0 aliphatic heterocycles. The molecule has 2 amide bonds. The largest absolute Gasteiger partial charge is 0.339 e. The number of nitrogens with zero attached hydrogens (tertiary/aromatic N) is 3. The maximum atomic E-state index is 13.4. The van der Waals surface area contributed by atoms with E-state index in [1.54, 1.807) is 40.9 Å². The molecule has 0 unspecified atom stereocenters. The van der Waals surface area contributed by atoms with Crippen LogP contribution in [0.25, 0.3) is 16.9 Å². The van der Waals surface area contributed by atoms with Crippen molar-refractivity contribution in [2.75, 3.05) is 11.9 Å². The van der Waals surface area contributed by atoms with E-state index in [0.717, 1.165) is 16.7 Å². The Morgan fingerprint density at radius 1 is 1.03 bits per heavy atom. The zero-order valence-corrected chi connectivity index (χ0v) is 20.0. The van der Waals surface area contributed by atoms with Crippen LogP contribution in [0.5, 0.6) is 0 Å². The van der Waals surface area contributed by atoms with Gasteiger partial charge < -0.3 is 10.2 Å². The highest BCUT2D eigenvalue weighted by molar-refractivity contribution is 6.08. The fraction of sp³-hybridized carbons (Fsp3) is 0.179. The van der Waals surface area contributed by atoms with E-state index in [1.807, 2.05) is 56.3 Å². The highest BCUT2D eigenvalue weighted by Gasteiger charge is 2.19. The van der Waals surface area contributed by atoms with Crippen molar-refractivity contribution in [1.82, 2.24) is 14.7 Å². The molecule has 1 N–H and O–H groups in total. The van der Waals surface area contributed by atoms with Gasteiger partial charge >= 0.3 is 0 Å². The van der Waals surface area contributed by atoms with Gasteiger partial charge in [-0.2, -0.15) is 5.10 Å². The Morgan fingerprint density at radius 2 is 1.74 bits per heavy atom. The second kappa shape index (κ2) is 10.3. The second-order valence-corrected chi connectivity index (χ2v) is 8.37. The van der Waals surface area contributed by atoms with Crippen molar-refractivity contribution in [2.45, 2.75) is 27.3 Å². The third-order valence-corrected chi connectivity index (χ3v) is 5.76. The summed E-state index contributed by atoms with van der Waals surface area (Å²) < 4.78 is 15.0. The summed E-state index contributed by atoms with van der Waals surface area (Å²) in [6, 6.07) is 21.1. The number of carbonyl (C=O) groups excluding carboxylic acids is 2. The van der Waals surface area contributed by atoms with Crippen molar-refractivity contribution < 1.29 is 14.0 Å². The molecule has 0 fully saturated rings. The molecule has 0 spiro atoms. The maximum absolute atomic E-state index is 13.4. The first-order valence-electron chi connectivity index (χ1n) is 11.4. The molecule has 0 atom stereocenters.